The van der Waals surface area contributed by atoms with Crippen LogP contribution in [0.3, 0.4) is 0 Å². The number of allylic oxidation sites excluding steroid dienone is 2. The molecule has 0 aromatic carbocycles. The normalized spacial score (nSPS) is 7.77. The van der Waals surface area contributed by atoms with Crippen molar-refractivity contribution in [1.29, 1.82) is 0 Å². The SMILES string of the molecule is C.C.C.C=C(C)CCC(=C)C.CCC(=O)CN.CSCCNC(=O)CN. The highest BCUT2D eigenvalue weighted by molar-refractivity contribution is 7.98. The molecular weight excluding hydrogens is 346 g/mol. The van der Waals surface area contributed by atoms with Gasteiger partial charge in [-0.05, 0) is 32.9 Å². The zero-order chi connectivity index (χ0) is 18.7. The van der Waals surface area contributed by atoms with Gasteiger partial charge in [0.2, 0.25) is 5.91 Å². The van der Waals surface area contributed by atoms with Crippen LogP contribution in [0.2, 0.25) is 0 Å². The summed E-state index contributed by atoms with van der Waals surface area (Å²) in [4.78, 5) is 20.5. The Morgan fingerprint density at radius 1 is 0.962 bits per heavy atom. The van der Waals surface area contributed by atoms with E-state index >= 15 is 0 Å². The number of carbonyl (C=O) groups is 2. The second kappa shape index (κ2) is 31.6. The van der Waals surface area contributed by atoms with Gasteiger partial charge in [-0.3, -0.25) is 9.59 Å². The van der Waals surface area contributed by atoms with Gasteiger partial charge in [0.15, 0.2) is 0 Å². The number of carbonyl (C=O) groups excluding carboxylic acids is 2. The van der Waals surface area contributed by atoms with Crippen molar-refractivity contribution in [3.05, 3.63) is 24.3 Å². The van der Waals surface area contributed by atoms with Crippen LogP contribution in [-0.4, -0.2) is 43.3 Å². The second-order valence-electron chi connectivity index (χ2n) is 5.06. The highest BCUT2D eigenvalue weighted by atomic mass is 32.2. The van der Waals surface area contributed by atoms with Gasteiger partial charge in [-0.25, -0.2) is 0 Å². The van der Waals surface area contributed by atoms with E-state index in [0.717, 1.165) is 25.1 Å². The summed E-state index contributed by atoms with van der Waals surface area (Å²) in [5.74, 6) is 0.991. The fourth-order valence-electron chi connectivity index (χ4n) is 0.936. The Labute approximate surface area is 168 Å². The minimum atomic E-state index is -0.0796. The van der Waals surface area contributed by atoms with Crippen LogP contribution in [-0.2, 0) is 9.59 Å². The first-order valence-corrected chi connectivity index (χ1v) is 9.10. The molecule has 26 heavy (non-hydrogen) atoms. The molecule has 1 amide bonds. The summed E-state index contributed by atoms with van der Waals surface area (Å²) in [5, 5.41) is 2.65. The molecule has 0 aromatic rings. The van der Waals surface area contributed by atoms with Crippen LogP contribution in [0, 0.1) is 0 Å². The van der Waals surface area contributed by atoms with Gasteiger partial charge < -0.3 is 16.8 Å². The Balaban J connectivity index is -0.0000000555. The van der Waals surface area contributed by atoms with E-state index in [1.165, 1.54) is 11.1 Å². The maximum absolute atomic E-state index is 10.4. The first-order valence-electron chi connectivity index (χ1n) is 7.71. The number of Topliss-reactive ketones (excluding diaryl/α,β-unsaturated/α-hetero) is 1. The van der Waals surface area contributed by atoms with Crippen LogP contribution in [0.5, 0.6) is 0 Å². The molecule has 0 aromatic heterocycles. The summed E-state index contributed by atoms with van der Waals surface area (Å²) in [6, 6.07) is 0. The average Bonchev–Trinajstić information content (AvgIpc) is 2.53. The Morgan fingerprint density at radius 2 is 1.38 bits per heavy atom. The van der Waals surface area contributed by atoms with E-state index in [2.05, 4.69) is 18.5 Å². The molecule has 0 rings (SSSR count). The van der Waals surface area contributed by atoms with Crippen molar-refractivity contribution >= 4 is 23.5 Å². The lowest BCUT2D eigenvalue weighted by Crippen LogP contribution is -2.31. The van der Waals surface area contributed by atoms with Gasteiger partial charge in [0, 0.05) is 18.7 Å². The third-order valence-electron chi connectivity index (χ3n) is 2.41. The highest BCUT2D eigenvalue weighted by Gasteiger charge is 1.92. The molecule has 5 nitrogen and oxygen atoms in total. The summed E-state index contributed by atoms with van der Waals surface area (Å²) >= 11 is 1.70. The molecule has 0 fully saturated rings. The van der Waals surface area contributed by atoms with Gasteiger partial charge in [-0.15, -0.1) is 13.2 Å². The van der Waals surface area contributed by atoms with Crippen LogP contribution in [0.15, 0.2) is 24.3 Å². The zero-order valence-corrected chi connectivity index (χ0v) is 16.1. The van der Waals surface area contributed by atoms with Crippen LogP contribution in [0.1, 0.15) is 62.3 Å². The molecule has 5 N–H and O–H groups in total. The fourth-order valence-corrected chi connectivity index (χ4v) is 1.24. The lowest BCUT2D eigenvalue weighted by atomic mass is 10.1. The predicted octanol–water partition coefficient (Wildman–Crippen LogP) is 4.18. The largest absolute Gasteiger partial charge is 0.354 e. The van der Waals surface area contributed by atoms with Crippen LogP contribution in [0.4, 0.5) is 0 Å². The van der Waals surface area contributed by atoms with Crippen molar-refractivity contribution in [2.24, 2.45) is 11.5 Å². The maximum Gasteiger partial charge on any atom is 0.233 e. The molecule has 0 radical (unpaired) electrons. The lowest BCUT2D eigenvalue weighted by molar-refractivity contribution is -0.119. The molecule has 0 aliphatic carbocycles. The highest BCUT2D eigenvalue weighted by Crippen LogP contribution is 2.05. The fraction of sp³-hybridized carbons (Fsp3) is 0.700. The van der Waals surface area contributed by atoms with Gasteiger partial charge in [0.25, 0.3) is 0 Å². The van der Waals surface area contributed by atoms with Gasteiger partial charge in [-0.1, -0.05) is 40.3 Å². The van der Waals surface area contributed by atoms with E-state index in [1.807, 2.05) is 20.1 Å². The van der Waals surface area contributed by atoms with Gasteiger partial charge in [0.1, 0.15) is 5.78 Å². The summed E-state index contributed by atoms with van der Waals surface area (Å²) in [7, 11) is 0. The standard InChI is InChI=1S/C8H14.C5H12N2OS.C4H9NO.3CH4/c1-7(2)5-6-8(3)4;1-9-3-2-7-5(8)4-6;1-2-4(6)3-5;;;/h1,3,5-6H2,2,4H3;2-4,6H2,1H3,(H,7,8);2-3,5H2,1H3;3*1H4. The second-order valence-corrected chi connectivity index (χ2v) is 6.04. The maximum atomic E-state index is 10.4. The molecule has 160 valence electrons. The number of nitrogens with two attached hydrogens (primary N) is 2. The van der Waals surface area contributed by atoms with Crippen molar-refractivity contribution in [1.82, 2.24) is 5.32 Å². The molecule has 0 saturated heterocycles. The summed E-state index contributed by atoms with van der Waals surface area (Å²) in [6.07, 6.45) is 4.75. The first kappa shape index (κ1) is 39.8. The molecule has 0 spiro atoms. The molecule has 0 bridgehead atoms. The van der Waals surface area contributed by atoms with Gasteiger partial charge in [-0.2, -0.15) is 11.8 Å². The summed E-state index contributed by atoms with van der Waals surface area (Å²) in [6.45, 7) is 14.5. The number of hydrogen-bond donors (Lipinski definition) is 3. The number of thioether (sulfide) groups is 1. The predicted molar refractivity (Wildman–Crippen MR) is 124 cm³/mol. The molecule has 0 aliphatic heterocycles. The zero-order valence-electron chi connectivity index (χ0n) is 15.2. The lowest BCUT2D eigenvalue weighted by Gasteiger charge is -1.99. The van der Waals surface area contributed by atoms with E-state index in [9.17, 15) is 9.59 Å². The molecule has 0 heterocycles. The van der Waals surface area contributed by atoms with E-state index in [0.29, 0.717) is 6.42 Å². The van der Waals surface area contributed by atoms with E-state index in [4.69, 9.17) is 11.5 Å². The third kappa shape index (κ3) is 49.5. The molecule has 0 aliphatic rings. The van der Waals surface area contributed by atoms with Crippen LogP contribution < -0.4 is 16.8 Å². The number of hydrogen-bond acceptors (Lipinski definition) is 5. The van der Waals surface area contributed by atoms with Crippen molar-refractivity contribution in [2.75, 3.05) is 31.6 Å². The van der Waals surface area contributed by atoms with E-state index in [-0.39, 0.29) is 47.1 Å². The van der Waals surface area contributed by atoms with Gasteiger partial charge >= 0.3 is 0 Å². The molecule has 0 saturated carbocycles. The Morgan fingerprint density at radius 3 is 1.58 bits per heavy atom. The average molecular weight is 394 g/mol. The third-order valence-corrected chi connectivity index (χ3v) is 3.03. The van der Waals surface area contributed by atoms with Gasteiger partial charge in [0.05, 0.1) is 13.1 Å². The Hall–Kier alpha value is -1.11. The number of ketones is 1. The minimum absolute atomic E-state index is 0. The summed E-state index contributed by atoms with van der Waals surface area (Å²) < 4.78 is 0. The van der Waals surface area contributed by atoms with Crippen molar-refractivity contribution in [3.8, 4) is 0 Å². The number of nitrogens with one attached hydrogen (secondary N) is 1. The topological polar surface area (TPSA) is 98.2 Å². The minimum Gasteiger partial charge on any atom is -0.354 e. The molecule has 0 atom stereocenters. The van der Waals surface area contributed by atoms with Crippen molar-refractivity contribution in [2.45, 2.75) is 62.3 Å². The van der Waals surface area contributed by atoms with E-state index in [1.54, 1.807) is 18.7 Å². The Kier molecular flexibility index (Phi) is 48.4. The first-order chi connectivity index (χ1) is 10.7. The molecular formula is C20H47N3O2S. The number of amides is 1. The molecule has 0 unspecified atom stereocenters. The van der Waals surface area contributed by atoms with Crippen molar-refractivity contribution in [3.63, 3.8) is 0 Å². The number of rotatable bonds is 9. The van der Waals surface area contributed by atoms with Crippen molar-refractivity contribution < 1.29 is 9.59 Å². The monoisotopic (exact) mass is 393 g/mol. The van der Waals surface area contributed by atoms with E-state index < -0.39 is 0 Å². The quantitative estimate of drug-likeness (QED) is 0.403. The van der Waals surface area contributed by atoms with Crippen LogP contribution >= 0.6 is 11.8 Å². The Bertz CT molecular complexity index is 326. The summed E-state index contributed by atoms with van der Waals surface area (Å²) in [5.41, 5.74) is 12.5. The smallest absolute Gasteiger partial charge is 0.233 e. The van der Waals surface area contributed by atoms with Crippen LogP contribution in [0.25, 0.3) is 0 Å². The molecule has 6 heteroatoms.